The zero-order valence-electron chi connectivity index (χ0n) is 13.3. The van der Waals surface area contributed by atoms with Crippen LogP contribution in [0.4, 0.5) is 0 Å². The summed E-state index contributed by atoms with van der Waals surface area (Å²) in [6.45, 7) is 1.27. The summed E-state index contributed by atoms with van der Waals surface area (Å²) in [7, 11) is 0. The lowest BCUT2D eigenvalue weighted by molar-refractivity contribution is -0.151. The van der Waals surface area contributed by atoms with Crippen molar-refractivity contribution in [3.63, 3.8) is 0 Å². The predicted molar refractivity (Wildman–Crippen MR) is 90.7 cm³/mol. The molecule has 1 aliphatic heterocycles. The van der Waals surface area contributed by atoms with Crippen molar-refractivity contribution >= 4 is 11.9 Å². The molecule has 1 fully saturated rings. The zero-order chi connectivity index (χ0) is 16.9. The summed E-state index contributed by atoms with van der Waals surface area (Å²) in [4.78, 5) is 26.3. The van der Waals surface area contributed by atoms with Gasteiger partial charge in [-0.25, -0.2) is 4.79 Å². The van der Waals surface area contributed by atoms with E-state index in [1.807, 2.05) is 60.7 Å². The van der Waals surface area contributed by atoms with Gasteiger partial charge in [-0.1, -0.05) is 60.7 Å². The number of nitrogens with one attached hydrogen (secondary N) is 1. The SMILES string of the molecule is O=C(O)[C@@H]1CNCCN1C(=O)C(c1ccccc1)c1ccccc1. The van der Waals surface area contributed by atoms with Gasteiger partial charge in [-0.3, -0.25) is 4.79 Å². The number of nitrogens with zero attached hydrogens (tertiary/aromatic N) is 1. The van der Waals surface area contributed by atoms with Crippen molar-refractivity contribution in [3.05, 3.63) is 71.8 Å². The Morgan fingerprint density at radius 2 is 1.54 bits per heavy atom. The second-order valence-corrected chi connectivity index (χ2v) is 5.84. The number of piperazine rings is 1. The molecule has 124 valence electrons. The van der Waals surface area contributed by atoms with E-state index in [0.29, 0.717) is 13.1 Å². The van der Waals surface area contributed by atoms with E-state index in [9.17, 15) is 14.7 Å². The van der Waals surface area contributed by atoms with E-state index in [4.69, 9.17) is 0 Å². The molecule has 2 aromatic carbocycles. The van der Waals surface area contributed by atoms with Gasteiger partial charge in [0.2, 0.25) is 5.91 Å². The number of carboxylic acid groups (broad SMARTS) is 1. The molecule has 0 radical (unpaired) electrons. The maximum Gasteiger partial charge on any atom is 0.327 e. The molecule has 1 heterocycles. The van der Waals surface area contributed by atoms with Crippen LogP contribution in [-0.4, -0.2) is 47.6 Å². The predicted octanol–water partition coefficient (Wildman–Crippen LogP) is 1.70. The van der Waals surface area contributed by atoms with Gasteiger partial charge >= 0.3 is 5.97 Å². The Morgan fingerprint density at radius 1 is 1.00 bits per heavy atom. The molecule has 5 heteroatoms. The fraction of sp³-hybridized carbons (Fsp3) is 0.263. The average molecular weight is 324 g/mol. The molecule has 0 bridgehead atoms. The van der Waals surface area contributed by atoms with Crippen molar-refractivity contribution in [3.8, 4) is 0 Å². The summed E-state index contributed by atoms with van der Waals surface area (Å²) in [5.74, 6) is -1.64. The minimum atomic E-state index is -0.976. The molecule has 0 saturated carbocycles. The Morgan fingerprint density at radius 3 is 2.04 bits per heavy atom. The van der Waals surface area contributed by atoms with Crippen LogP contribution >= 0.6 is 0 Å². The van der Waals surface area contributed by atoms with Crippen LogP contribution in [0.5, 0.6) is 0 Å². The molecular weight excluding hydrogens is 304 g/mol. The second-order valence-electron chi connectivity index (χ2n) is 5.84. The molecular formula is C19H20N2O3. The van der Waals surface area contributed by atoms with Gasteiger partial charge in [-0.2, -0.15) is 0 Å². The van der Waals surface area contributed by atoms with E-state index in [0.717, 1.165) is 11.1 Å². The number of hydrogen-bond acceptors (Lipinski definition) is 3. The number of carbonyl (C=O) groups is 2. The highest BCUT2D eigenvalue weighted by Gasteiger charge is 2.36. The van der Waals surface area contributed by atoms with Gasteiger partial charge in [-0.15, -0.1) is 0 Å². The number of amides is 1. The molecule has 1 saturated heterocycles. The summed E-state index contributed by atoms with van der Waals surface area (Å²) >= 11 is 0. The van der Waals surface area contributed by atoms with Crippen LogP contribution in [0.25, 0.3) is 0 Å². The van der Waals surface area contributed by atoms with Crippen molar-refractivity contribution in [1.82, 2.24) is 10.2 Å². The minimum absolute atomic E-state index is 0.165. The number of aliphatic carboxylic acids is 1. The van der Waals surface area contributed by atoms with Crippen molar-refractivity contribution in [2.75, 3.05) is 19.6 Å². The summed E-state index contributed by atoms with van der Waals surface area (Å²) in [5.41, 5.74) is 1.74. The standard InChI is InChI=1S/C19H20N2O3/c22-18(21-12-11-20-13-16(21)19(23)24)17(14-7-3-1-4-8-14)15-9-5-2-6-10-15/h1-10,16-17,20H,11-13H2,(H,23,24)/t16-/m0/s1. The number of hydrogen-bond donors (Lipinski definition) is 2. The normalized spacial score (nSPS) is 17.7. The maximum atomic E-state index is 13.2. The van der Waals surface area contributed by atoms with Gasteiger partial charge in [0.05, 0.1) is 5.92 Å². The van der Waals surface area contributed by atoms with Crippen LogP contribution < -0.4 is 5.32 Å². The molecule has 2 aromatic rings. The third-order valence-corrected chi connectivity index (χ3v) is 4.32. The molecule has 1 aliphatic rings. The molecule has 0 aliphatic carbocycles. The van der Waals surface area contributed by atoms with Crippen LogP contribution in [0.1, 0.15) is 17.0 Å². The third-order valence-electron chi connectivity index (χ3n) is 4.32. The summed E-state index contributed by atoms with van der Waals surface area (Å²) in [5, 5.41) is 12.5. The highest BCUT2D eigenvalue weighted by atomic mass is 16.4. The van der Waals surface area contributed by atoms with Crippen LogP contribution in [0, 0.1) is 0 Å². The molecule has 3 rings (SSSR count). The van der Waals surface area contributed by atoms with E-state index in [2.05, 4.69) is 5.32 Å². The van der Waals surface area contributed by atoms with Crippen molar-refractivity contribution in [2.45, 2.75) is 12.0 Å². The first-order chi connectivity index (χ1) is 11.7. The van der Waals surface area contributed by atoms with Crippen LogP contribution in [0.15, 0.2) is 60.7 Å². The van der Waals surface area contributed by atoms with Gasteiger partial charge in [-0.05, 0) is 11.1 Å². The highest BCUT2D eigenvalue weighted by molar-refractivity contribution is 5.91. The van der Waals surface area contributed by atoms with E-state index < -0.39 is 17.9 Å². The summed E-state index contributed by atoms with van der Waals surface area (Å²) in [6, 6.07) is 18.2. The smallest absolute Gasteiger partial charge is 0.327 e. The summed E-state index contributed by atoms with van der Waals surface area (Å²) in [6.07, 6.45) is 0. The van der Waals surface area contributed by atoms with Gasteiger partial charge < -0.3 is 15.3 Å². The van der Waals surface area contributed by atoms with E-state index >= 15 is 0 Å². The number of carbonyl (C=O) groups excluding carboxylic acids is 1. The molecule has 0 unspecified atom stereocenters. The Labute approximate surface area is 140 Å². The Hall–Kier alpha value is -2.66. The topological polar surface area (TPSA) is 69.6 Å². The zero-order valence-corrected chi connectivity index (χ0v) is 13.3. The van der Waals surface area contributed by atoms with Crippen LogP contribution in [-0.2, 0) is 9.59 Å². The largest absolute Gasteiger partial charge is 0.480 e. The Bertz CT molecular complexity index is 664. The van der Waals surface area contributed by atoms with Gasteiger partial charge in [0.15, 0.2) is 0 Å². The monoisotopic (exact) mass is 324 g/mol. The van der Waals surface area contributed by atoms with Crippen molar-refractivity contribution < 1.29 is 14.7 Å². The quantitative estimate of drug-likeness (QED) is 0.898. The first-order valence-corrected chi connectivity index (χ1v) is 8.02. The van der Waals surface area contributed by atoms with E-state index in [1.54, 1.807) is 0 Å². The summed E-state index contributed by atoms with van der Waals surface area (Å²) < 4.78 is 0. The minimum Gasteiger partial charge on any atom is -0.480 e. The molecule has 1 amide bonds. The van der Waals surface area contributed by atoms with Gasteiger partial charge in [0.25, 0.3) is 0 Å². The molecule has 2 N–H and O–H groups in total. The van der Waals surface area contributed by atoms with E-state index in [1.165, 1.54) is 4.90 Å². The highest BCUT2D eigenvalue weighted by Crippen LogP contribution is 2.28. The number of carboxylic acids is 1. The molecule has 1 atom stereocenters. The number of benzene rings is 2. The van der Waals surface area contributed by atoms with Crippen LogP contribution in [0.2, 0.25) is 0 Å². The maximum absolute atomic E-state index is 13.2. The van der Waals surface area contributed by atoms with Crippen molar-refractivity contribution in [1.29, 1.82) is 0 Å². The Kier molecular flexibility index (Phi) is 4.91. The third kappa shape index (κ3) is 3.31. The van der Waals surface area contributed by atoms with Gasteiger partial charge in [0, 0.05) is 19.6 Å². The molecule has 0 aromatic heterocycles. The first kappa shape index (κ1) is 16.2. The average Bonchev–Trinajstić information content (AvgIpc) is 2.63. The number of rotatable bonds is 4. The Balaban J connectivity index is 1.99. The molecule has 24 heavy (non-hydrogen) atoms. The van der Waals surface area contributed by atoms with Gasteiger partial charge in [0.1, 0.15) is 6.04 Å². The first-order valence-electron chi connectivity index (χ1n) is 8.02. The fourth-order valence-corrected chi connectivity index (χ4v) is 3.12. The van der Waals surface area contributed by atoms with Crippen LogP contribution in [0.3, 0.4) is 0 Å². The van der Waals surface area contributed by atoms with Crippen molar-refractivity contribution in [2.24, 2.45) is 0 Å². The lowest BCUT2D eigenvalue weighted by Gasteiger charge is -2.36. The molecule has 5 nitrogen and oxygen atoms in total. The lowest BCUT2D eigenvalue weighted by atomic mass is 9.89. The van der Waals surface area contributed by atoms with E-state index in [-0.39, 0.29) is 12.5 Å². The second kappa shape index (κ2) is 7.27. The lowest BCUT2D eigenvalue weighted by Crippen LogP contribution is -2.58. The molecule has 0 spiro atoms. The fourth-order valence-electron chi connectivity index (χ4n) is 3.12.